The van der Waals surface area contributed by atoms with Crippen LogP contribution in [0, 0.1) is 0 Å². The van der Waals surface area contributed by atoms with Gasteiger partial charge in [-0.05, 0) is 35.0 Å². The van der Waals surface area contributed by atoms with Crippen LogP contribution in [0.4, 0.5) is 0 Å². The molecule has 0 saturated carbocycles. The van der Waals surface area contributed by atoms with Crippen LogP contribution < -0.4 is 4.74 Å². The summed E-state index contributed by atoms with van der Waals surface area (Å²) in [6.45, 7) is 2.77. The highest BCUT2D eigenvalue weighted by molar-refractivity contribution is 9.10. The van der Waals surface area contributed by atoms with Gasteiger partial charge in [-0.1, -0.05) is 12.1 Å². The van der Waals surface area contributed by atoms with Gasteiger partial charge in [0.2, 0.25) is 0 Å². The Kier molecular flexibility index (Phi) is 4.98. The first-order valence-corrected chi connectivity index (χ1v) is 5.43. The zero-order valence-electron chi connectivity index (χ0n) is 8.50. The van der Waals surface area contributed by atoms with Gasteiger partial charge in [-0.15, -0.1) is 0 Å². The van der Waals surface area contributed by atoms with Crippen molar-refractivity contribution in [2.45, 2.75) is 19.4 Å². The maximum atomic E-state index is 5.72. The summed E-state index contributed by atoms with van der Waals surface area (Å²) in [5.41, 5.74) is 0. The molecule has 0 saturated heterocycles. The number of halogens is 1. The summed E-state index contributed by atoms with van der Waals surface area (Å²) in [4.78, 5) is 0. The Morgan fingerprint density at radius 3 is 2.71 bits per heavy atom. The molecule has 1 unspecified atom stereocenters. The molecule has 0 bridgehead atoms. The molecule has 0 aliphatic rings. The van der Waals surface area contributed by atoms with Gasteiger partial charge in [0.25, 0.3) is 0 Å². The van der Waals surface area contributed by atoms with Crippen LogP contribution in [0.5, 0.6) is 5.75 Å². The lowest BCUT2D eigenvalue weighted by molar-refractivity contribution is 0.135. The molecule has 1 aromatic rings. The fourth-order valence-corrected chi connectivity index (χ4v) is 1.48. The summed E-state index contributed by atoms with van der Waals surface area (Å²) in [6.07, 6.45) is 1.08. The van der Waals surface area contributed by atoms with E-state index in [0.29, 0.717) is 0 Å². The lowest BCUT2D eigenvalue weighted by atomic mass is 10.3. The van der Waals surface area contributed by atoms with Crippen molar-refractivity contribution >= 4 is 15.9 Å². The number of benzene rings is 1. The molecule has 14 heavy (non-hydrogen) atoms. The Balaban J connectivity index is 2.47. The number of hydrogen-bond acceptors (Lipinski definition) is 2. The zero-order valence-corrected chi connectivity index (χ0v) is 10.1. The third-order valence-electron chi connectivity index (χ3n) is 1.89. The van der Waals surface area contributed by atoms with E-state index in [1.165, 1.54) is 0 Å². The summed E-state index contributed by atoms with van der Waals surface area (Å²) >= 11 is 3.44. The smallest absolute Gasteiger partial charge is 0.133 e. The van der Waals surface area contributed by atoms with Crippen molar-refractivity contribution in [1.82, 2.24) is 0 Å². The van der Waals surface area contributed by atoms with Gasteiger partial charge < -0.3 is 9.47 Å². The predicted molar refractivity (Wildman–Crippen MR) is 60.7 cm³/mol. The van der Waals surface area contributed by atoms with Crippen molar-refractivity contribution in [2.24, 2.45) is 0 Å². The van der Waals surface area contributed by atoms with Gasteiger partial charge >= 0.3 is 0 Å². The third kappa shape index (κ3) is 3.68. The van der Waals surface area contributed by atoms with Crippen LogP contribution in [0.25, 0.3) is 0 Å². The minimum atomic E-state index is 0.175. The van der Waals surface area contributed by atoms with Gasteiger partial charge in [0.15, 0.2) is 0 Å². The van der Waals surface area contributed by atoms with Gasteiger partial charge in [0.1, 0.15) is 5.75 Å². The first-order valence-electron chi connectivity index (χ1n) is 4.64. The van der Waals surface area contributed by atoms with E-state index in [0.717, 1.165) is 23.2 Å². The van der Waals surface area contributed by atoms with Crippen LogP contribution in [0.3, 0.4) is 0 Å². The van der Waals surface area contributed by atoms with Gasteiger partial charge in [-0.2, -0.15) is 0 Å². The molecule has 0 amide bonds. The van der Waals surface area contributed by atoms with E-state index in [1.54, 1.807) is 7.11 Å². The summed E-state index contributed by atoms with van der Waals surface area (Å²) in [5.74, 6) is 0.885. The van der Waals surface area contributed by atoms with Crippen LogP contribution in [0.1, 0.15) is 13.3 Å². The summed E-state index contributed by atoms with van der Waals surface area (Å²) in [5, 5.41) is 0. The molecule has 0 N–H and O–H groups in total. The van der Waals surface area contributed by atoms with Crippen molar-refractivity contribution in [2.75, 3.05) is 13.7 Å². The lowest BCUT2D eigenvalue weighted by Crippen LogP contribution is -2.14. The van der Waals surface area contributed by atoms with Crippen LogP contribution >= 0.6 is 15.9 Å². The van der Waals surface area contributed by atoms with Crippen LogP contribution in [-0.4, -0.2) is 19.8 Å². The maximum Gasteiger partial charge on any atom is 0.133 e. The molecular formula is C11H15BrO2. The topological polar surface area (TPSA) is 18.5 Å². The lowest BCUT2D eigenvalue weighted by Gasteiger charge is -2.15. The molecule has 0 fully saturated rings. The number of methoxy groups -OCH3 is 1. The van der Waals surface area contributed by atoms with Crippen molar-refractivity contribution < 1.29 is 9.47 Å². The standard InChI is InChI=1S/C11H15BrO2/c1-9(7-8-13-2)14-11-6-4-3-5-10(11)12/h3-6,9H,7-8H2,1-2H3. The molecular weight excluding hydrogens is 244 g/mol. The van der Waals surface area contributed by atoms with Crippen LogP contribution in [0.15, 0.2) is 28.7 Å². The molecule has 0 spiro atoms. The first kappa shape index (κ1) is 11.5. The maximum absolute atomic E-state index is 5.72. The Bertz CT molecular complexity index is 276. The van der Waals surface area contributed by atoms with Crippen LogP contribution in [0.2, 0.25) is 0 Å². The van der Waals surface area contributed by atoms with Gasteiger partial charge in [0.05, 0.1) is 10.6 Å². The van der Waals surface area contributed by atoms with E-state index in [9.17, 15) is 0 Å². The fraction of sp³-hybridized carbons (Fsp3) is 0.455. The molecule has 78 valence electrons. The molecule has 0 radical (unpaired) electrons. The monoisotopic (exact) mass is 258 g/mol. The zero-order chi connectivity index (χ0) is 10.4. The van der Waals surface area contributed by atoms with E-state index in [2.05, 4.69) is 15.9 Å². The second-order valence-electron chi connectivity index (χ2n) is 3.14. The molecule has 1 rings (SSSR count). The fourth-order valence-electron chi connectivity index (χ4n) is 1.10. The highest BCUT2D eigenvalue weighted by Crippen LogP contribution is 2.25. The summed E-state index contributed by atoms with van der Waals surface area (Å²) in [7, 11) is 1.70. The summed E-state index contributed by atoms with van der Waals surface area (Å²) in [6, 6.07) is 7.85. The quantitative estimate of drug-likeness (QED) is 0.808. The number of para-hydroxylation sites is 1. The second-order valence-corrected chi connectivity index (χ2v) is 3.99. The first-order chi connectivity index (χ1) is 6.74. The molecule has 0 aromatic heterocycles. The van der Waals surface area contributed by atoms with E-state index in [-0.39, 0.29) is 6.10 Å². The Hall–Kier alpha value is -0.540. The number of hydrogen-bond donors (Lipinski definition) is 0. The van der Waals surface area contributed by atoms with Gasteiger partial charge in [-0.25, -0.2) is 0 Å². The molecule has 0 aliphatic carbocycles. The van der Waals surface area contributed by atoms with Crippen molar-refractivity contribution in [3.05, 3.63) is 28.7 Å². The Morgan fingerprint density at radius 1 is 1.36 bits per heavy atom. The number of rotatable bonds is 5. The normalized spacial score (nSPS) is 12.5. The third-order valence-corrected chi connectivity index (χ3v) is 2.55. The summed E-state index contributed by atoms with van der Waals surface area (Å²) < 4.78 is 11.7. The molecule has 1 aromatic carbocycles. The van der Waals surface area contributed by atoms with Crippen molar-refractivity contribution in [1.29, 1.82) is 0 Å². The second kappa shape index (κ2) is 6.04. The van der Waals surface area contributed by atoms with Crippen LogP contribution in [-0.2, 0) is 4.74 Å². The molecule has 0 aliphatic heterocycles. The average molecular weight is 259 g/mol. The molecule has 3 heteroatoms. The number of ether oxygens (including phenoxy) is 2. The molecule has 0 heterocycles. The Morgan fingerprint density at radius 2 is 2.07 bits per heavy atom. The van der Waals surface area contributed by atoms with Gasteiger partial charge in [0, 0.05) is 20.1 Å². The predicted octanol–water partition coefficient (Wildman–Crippen LogP) is 3.25. The molecule has 1 atom stereocenters. The molecule has 2 nitrogen and oxygen atoms in total. The Labute approximate surface area is 93.4 Å². The van der Waals surface area contributed by atoms with E-state index >= 15 is 0 Å². The van der Waals surface area contributed by atoms with E-state index < -0.39 is 0 Å². The van der Waals surface area contributed by atoms with Gasteiger partial charge in [-0.3, -0.25) is 0 Å². The van der Waals surface area contributed by atoms with E-state index in [1.807, 2.05) is 31.2 Å². The minimum absolute atomic E-state index is 0.175. The van der Waals surface area contributed by atoms with Crippen molar-refractivity contribution in [3.63, 3.8) is 0 Å². The SMILES string of the molecule is COCCC(C)Oc1ccccc1Br. The van der Waals surface area contributed by atoms with Crippen molar-refractivity contribution in [3.8, 4) is 5.75 Å². The minimum Gasteiger partial charge on any atom is -0.489 e. The average Bonchev–Trinajstić information content (AvgIpc) is 2.18. The largest absolute Gasteiger partial charge is 0.489 e. The van der Waals surface area contributed by atoms with E-state index in [4.69, 9.17) is 9.47 Å². The highest BCUT2D eigenvalue weighted by atomic mass is 79.9. The highest BCUT2D eigenvalue weighted by Gasteiger charge is 2.05.